The Bertz CT molecular complexity index is 314. The van der Waals surface area contributed by atoms with Crippen molar-refractivity contribution in [3.05, 3.63) is 17.7 Å². The minimum atomic E-state index is 0.623. The maximum atomic E-state index is 5.69. The lowest BCUT2D eigenvalue weighted by Gasteiger charge is -2.14. The number of benzene rings is 1. The number of hydrogen-bond acceptors (Lipinski definition) is 3. The van der Waals surface area contributed by atoms with E-state index in [9.17, 15) is 0 Å². The zero-order valence-corrected chi connectivity index (χ0v) is 10.6. The molecule has 0 unspecified atom stereocenters. The third kappa shape index (κ3) is 2.95. The van der Waals surface area contributed by atoms with Gasteiger partial charge in [0.2, 0.25) is 0 Å². The molecule has 0 N–H and O–H groups in total. The molecule has 0 fully saturated rings. The lowest BCUT2D eigenvalue weighted by Crippen LogP contribution is -1.99. The molecule has 1 rings (SSSR count). The van der Waals surface area contributed by atoms with Crippen molar-refractivity contribution >= 4 is 11.6 Å². The van der Waals surface area contributed by atoms with Crippen LogP contribution in [0.25, 0.3) is 0 Å². The second-order valence-electron chi connectivity index (χ2n) is 3.30. The van der Waals surface area contributed by atoms with E-state index in [4.69, 9.17) is 25.8 Å². The van der Waals surface area contributed by atoms with Gasteiger partial charge in [-0.3, -0.25) is 0 Å². The molecule has 0 saturated carbocycles. The predicted molar refractivity (Wildman–Crippen MR) is 65.1 cm³/mol. The minimum Gasteiger partial charge on any atom is -0.496 e. The van der Waals surface area contributed by atoms with Crippen LogP contribution < -0.4 is 14.2 Å². The van der Waals surface area contributed by atoms with Crippen LogP contribution in [0.1, 0.15) is 12.0 Å². The predicted octanol–water partition coefficient (Wildman–Crippen LogP) is 2.88. The first kappa shape index (κ1) is 13.0. The van der Waals surface area contributed by atoms with Crippen LogP contribution >= 0.6 is 11.6 Å². The fraction of sp³-hybridized carbons (Fsp3) is 0.500. The van der Waals surface area contributed by atoms with Gasteiger partial charge in [0.25, 0.3) is 0 Å². The van der Waals surface area contributed by atoms with Crippen LogP contribution in [0, 0.1) is 0 Å². The van der Waals surface area contributed by atoms with Crippen LogP contribution in [-0.2, 0) is 6.42 Å². The summed E-state index contributed by atoms with van der Waals surface area (Å²) in [6.45, 7) is 0. The van der Waals surface area contributed by atoms with E-state index in [1.54, 1.807) is 21.3 Å². The van der Waals surface area contributed by atoms with Crippen molar-refractivity contribution < 1.29 is 14.2 Å². The van der Waals surface area contributed by atoms with Crippen molar-refractivity contribution in [2.24, 2.45) is 0 Å². The molecule has 1 aromatic rings. The van der Waals surface area contributed by atoms with Crippen LogP contribution in [-0.4, -0.2) is 27.2 Å². The second-order valence-corrected chi connectivity index (χ2v) is 3.68. The van der Waals surface area contributed by atoms with Gasteiger partial charge >= 0.3 is 0 Å². The molecular weight excluding hydrogens is 228 g/mol. The summed E-state index contributed by atoms with van der Waals surface area (Å²) in [5, 5.41) is 0. The summed E-state index contributed by atoms with van der Waals surface area (Å²) in [6.07, 6.45) is 1.72. The number of methoxy groups -OCH3 is 3. The van der Waals surface area contributed by atoms with E-state index < -0.39 is 0 Å². The Labute approximate surface area is 101 Å². The largest absolute Gasteiger partial charge is 0.496 e. The maximum Gasteiger partial charge on any atom is 0.129 e. The summed E-state index contributed by atoms with van der Waals surface area (Å²) in [5.74, 6) is 2.91. The number of halogens is 1. The average molecular weight is 245 g/mol. The summed E-state index contributed by atoms with van der Waals surface area (Å²) in [6, 6.07) is 3.71. The summed E-state index contributed by atoms with van der Waals surface area (Å²) >= 11 is 5.69. The molecule has 0 bridgehead atoms. The number of rotatable bonds is 6. The van der Waals surface area contributed by atoms with E-state index in [0.29, 0.717) is 5.88 Å². The summed E-state index contributed by atoms with van der Waals surface area (Å²) in [7, 11) is 4.89. The van der Waals surface area contributed by atoms with Crippen molar-refractivity contribution in [3.8, 4) is 17.2 Å². The van der Waals surface area contributed by atoms with Crippen LogP contribution in [0.5, 0.6) is 17.2 Å². The Morgan fingerprint density at radius 2 is 1.56 bits per heavy atom. The van der Waals surface area contributed by atoms with Gasteiger partial charge in [0.05, 0.1) is 21.3 Å². The second kappa shape index (κ2) is 6.48. The molecule has 0 aliphatic rings. The molecule has 3 nitrogen and oxygen atoms in total. The lowest BCUT2D eigenvalue weighted by molar-refractivity contribution is 0.368. The zero-order chi connectivity index (χ0) is 12.0. The lowest BCUT2D eigenvalue weighted by atomic mass is 10.1. The average Bonchev–Trinajstić information content (AvgIpc) is 2.35. The van der Waals surface area contributed by atoms with Gasteiger partial charge < -0.3 is 14.2 Å². The summed E-state index contributed by atoms with van der Waals surface area (Å²) in [5.41, 5.74) is 1.03. The molecule has 0 heterocycles. The highest BCUT2D eigenvalue weighted by atomic mass is 35.5. The minimum absolute atomic E-state index is 0.623. The van der Waals surface area contributed by atoms with E-state index in [2.05, 4.69) is 0 Å². The van der Waals surface area contributed by atoms with Crippen LogP contribution in [0.4, 0.5) is 0 Å². The van der Waals surface area contributed by atoms with Gasteiger partial charge in [0.15, 0.2) is 0 Å². The maximum absolute atomic E-state index is 5.69. The first-order valence-electron chi connectivity index (χ1n) is 5.11. The van der Waals surface area contributed by atoms with Crippen LogP contribution in [0.3, 0.4) is 0 Å². The Kier molecular flexibility index (Phi) is 5.26. The molecule has 0 atom stereocenters. The highest BCUT2D eigenvalue weighted by molar-refractivity contribution is 6.17. The van der Waals surface area contributed by atoms with Crippen molar-refractivity contribution in [1.82, 2.24) is 0 Å². The molecule has 90 valence electrons. The molecule has 0 aliphatic heterocycles. The van der Waals surface area contributed by atoms with Gasteiger partial charge in [-0.25, -0.2) is 0 Å². The fourth-order valence-corrected chi connectivity index (χ4v) is 1.70. The Balaban J connectivity index is 3.09. The standard InChI is InChI=1S/C12H17ClO3/c1-14-9-7-11(15-2)10(5-4-6-13)12(8-9)16-3/h7-8H,4-6H2,1-3H3. The van der Waals surface area contributed by atoms with E-state index >= 15 is 0 Å². The van der Waals surface area contributed by atoms with Crippen molar-refractivity contribution in [1.29, 1.82) is 0 Å². The molecule has 16 heavy (non-hydrogen) atoms. The summed E-state index contributed by atoms with van der Waals surface area (Å²) < 4.78 is 15.8. The van der Waals surface area contributed by atoms with E-state index in [1.807, 2.05) is 12.1 Å². The third-order valence-electron chi connectivity index (χ3n) is 2.38. The first-order chi connectivity index (χ1) is 7.76. The van der Waals surface area contributed by atoms with E-state index in [-0.39, 0.29) is 0 Å². The molecule has 4 heteroatoms. The third-order valence-corrected chi connectivity index (χ3v) is 2.64. The van der Waals surface area contributed by atoms with Gasteiger partial charge in [0.1, 0.15) is 17.2 Å². The van der Waals surface area contributed by atoms with Crippen molar-refractivity contribution in [2.45, 2.75) is 12.8 Å². The molecule has 0 aliphatic carbocycles. The highest BCUT2D eigenvalue weighted by Crippen LogP contribution is 2.34. The van der Waals surface area contributed by atoms with E-state index in [0.717, 1.165) is 35.7 Å². The topological polar surface area (TPSA) is 27.7 Å². The quantitative estimate of drug-likeness (QED) is 0.721. The van der Waals surface area contributed by atoms with Crippen LogP contribution in [0.15, 0.2) is 12.1 Å². The van der Waals surface area contributed by atoms with Crippen molar-refractivity contribution in [3.63, 3.8) is 0 Å². The smallest absolute Gasteiger partial charge is 0.129 e. The van der Waals surface area contributed by atoms with Crippen LogP contribution in [0.2, 0.25) is 0 Å². The SMILES string of the molecule is COc1cc(OC)c(CCCCl)c(OC)c1. The number of ether oxygens (including phenoxy) is 3. The highest BCUT2D eigenvalue weighted by Gasteiger charge is 2.12. The molecule has 0 amide bonds. The molecule has 0 saturated heterocycles. The normalized spacial score (nSPS) is 10.0. The molecule has 0 spiro atoms. The Morgan fingerprint density at radius 1 is 1.00 bits per heavy atom. The Morgan fingerprint density at radius 3 is 1.94 bits per heavy atom. The fourth-order valence-electron chi connectivity index (χ4n) is 1.57. The molecule has 0 aromatic heterocycles. The van der Waals surface area contributed by atoms with Gasteiger partial charge in [-0.15, -0.1) is 11.6 Å². The van der Waals surface area contributed by atoms with Gasteiger partial charge in [-0.05, 0) is 12.8 Å². The zero-order valence-electron chi connectivity index (χ0n) is 9.88. The number of alkyl halides is 1. The Hall–Kier alpha value is -1.09. The van der Waals surface area contributed by atoms with Gasteiger partial charge in [-0.2, -0.15) is 0 Å². The molecular formula is C12H17ClO3. The van der Waals surface area contributed by atoms with Gasteiger partial charge in [-0.1, -0.05) is 0 Å². The monoisotopic (exact) mass is 244 g/mol. The molecule has 1 aromatic carbocycles. The first-order valence-corrected chi connectivity index (χ1v) is 5.65. The van der Waals surface area contributed by atoms with Gasteiger partial charge in [0, 0.05) is 23.6 Å². The van der Waals surface area contributed by atoms with E-state index in [1.165, 1.54) is 0 Å². The van der Waals surface area contributed by atoms with Crippen molar-refractivity contribution in [2.75, 3.05) is 27.2 Å². The number of hydrogen-bond donors (Lipinski definition) is 0. The summed E-state index contributed by atoms with van der Waals surface area (Å²) in [4.78, 5) is 0. The molecule has 0 radical (unpaired) electrons.